The van der Waals surface area contributed by atoms with Crippen LogP contribution >= 0.6 is 11.3 Å². The Balaban J connectivity index is 1.92. The highest BCUT2D eigenvalue weighted by molar-refractivity contribution is 7.17. The number of hydrogen-bond acceptors (Lipinski definition) is 2. The van der Waals surface area contributed by atoms with Gasteiger partial charge in [0, 0.05) is 10.7 Å². The zero-order valence-electron chi connectivity index (χ0n) is 11.6. The third-order valence-electron chi connectivity index (χ3n) is 3.68. The van der Waals surface area contributed by atoms with E-state index < -0.39 is 11.6 Å². The number of thiophene rings is 1. The van der Waals surface area contributed by atoms with E-state index in [9.17, 15) is 8.78 Å². The fourth-order valence-electron chi connectivity index (χ4n) is 2.53. The van der Waals surface area contributed by atoms with Gasteiger partial charge in [0.2, 0.25) is 0 Å². The van der Waals surface area contributed by atoms with E-state index in [2.05, 4.69) is 22.8 Å². The van der Waals surface area contributed by atoms with E-state index in [4.69, 9.17) is 0 Å². The number of halogens is 2. The van der Waals surface area contributed by atoms with Gasteiger partial charge in [-0.25, -0.2) is 8.78 Å². The van der Waals surface area contributed by atoms with E-state index in [-0.39, 0.29) is 6.04 Å². The summed E-state index contributed by atoms with van der Waals surface area (Å²) in [5.41, 5.74) is 1.98. The first-order valence-corrected chi connectivity index (χ1v) is 7.64. The predicted octanol–water partition coefficient (Wildman–Crippen LogP) is 4.68. The smallest absolute Gasteiger partial charge is 0.159 e. The molecule has 0 spiro atoms. The summed E-state index contributed by atoms with van der Waals surface area (Å²) in [5.74, 6) is -1.61. The molecule has 21 heavy (non-hydrogen) atoms. The topological polar surface area (TPSA) is 12.0 Å². The quantitative estimate of drug-likeness (QED) is 0.738. The van der Waals surface area contributed by atoms with Crippen LogP contribution in [0.3, 0.4) is 0 Å². The first-order chi connectivity index (χ1) is 10.2. The molecule has 0 saturated carbocycles. The van der Waals surface area contributed by atoms with Crippen molar-refractivity contribution < 1.29 is 8.78 Å². The van der Waals surface area contributed by atoms with Crippen LogP contribution in [0.15, 0.2) is 47.8 Å². The molecule has 1 aromatic heterocycles. The molecule has 1 atom stereocenters. The molecule has 3 aromatic rings. The second kappa shape index (κ2) is 5.92. The van der Waals surface area contributed by atoms with Crippen LogP contribution in [0.25, 0.3) is 10.1 Å². The summed E-state index contributed by atoms with van der Waals surface area (Å²) in [6, 6.07) is 12.3. The third kappa shape index (κ3) is 2.82. The van der Waals surface area contributed by atoms with E-state index in [1.54, 1.807) is 17.4 Å². The molecule has 1 heterocycles. The van der Waals surface area contributed by atoms with E-state index >= 15 is 0 Å². The minimum absolute atomic E-state index is 0.0434. The average Bonchev–Trinajstić information content (AvgIpc) is 2.91. The molecule has 108 valence electrons. The molecule has 4 heteroatoms. The number of benzene rings is 2. The molecule has 0 saturated heterocycles. The van der Waals surface area contributed by atoms with E-state index in [1.807, 2.05) is 19.2 Å². The van der Waals surface area contributed by atoms with Crippen LogP contribution in [0.2, 0.25) is 0 Å². The molecule has 3 rings (SSSR count). The molecule has 0 amide bonds. The van der Waals surface area contributed by atoms with Gasteiger partial charge in [0.25, 0.3) is 0 Å². The lowest BCUT2D eigenvalue weighted by atomic mass is 9.98. The molecule has 1 unspecified atom stereocenters. The fraction of sp³-hybridized carbons (Fsp3) is 0.176. The maximum Gasteiger partial charge on any atom is 0.159 e. The molecule has 2 aromatic carbocycles. The maximum absolute atomic E-state index is 13.4. The second-order valence-corrected chi connectivity index (χ2v) is 5.89. The molecule has 1 nitrogen and oxygen atoms in total. The maximum atomic E-state index is 13.4. The number of likely N-dealkylation sites (N-methyl/N-ethyl adjacent to an activating group) is 1. The zero-order valence-corrected chi connectivity index (χ0v) is 12.4. The van der Waals surface area contributed by atoms with Crippen molar-refractivity contribution in [1.82, 2.24) is 5.32 Å². The van der Waals surface area contributed by atoms with Crippen LogP contribution in [0.5, 0.6) is 0 Å². The third-order valence-corrected chi connectivity index (χ3v) is 4.69. The molecular formula is C17H15F2NS. The highest BCUT2D eigenvalue weighted by Gasteiger charge is 2.15. The fourth-order valence-corrected chi connectivity index (χ4v) is 3.50. The van der Waals surface area contributed by atoms with Gasteiger partial charge in [-0.1, -0.05) is 24.3 Å². The number of nitrogens with one attached hydrogen (secondary N) is 1. The van der Waals surface area contributed by atoms with E-state index in [1.165, 1.54) is 27.8 Å². The highest BCUT2D eigenvalue weighted by Crippen LogP contribution is 2.29. The highest BCUT2D eigenvalue weighted by atomic mass is 32.1. The van der Waals surface area contributed by atoms with Crippen molar-refractivity contribution in [1.29, 1.82) is 0 Å². The molecule has 0 fully saturated rings. The minimum Gasteiger partial charge on any atom is -0.313 e. The van der Waals surface area contributed by atoms with Gasteiger partial charge in [0.1, 0.15) is 0 Å². The Labute approximate surface area is 126 Å². The molecule has 0 radical (unpaired) electrons. The lowest BCUT2D eigenvalue weighted by molar-refractivity contribution is 0.501. The summed E-state index contributed by atoms with van der Waals surface area (Å²) in [7, 11) is 1.83. The van der Waals surface area contributed by atoms with Crippen LogP contribution < -0.4 is 5.32 Å². The summed E-state index contributed by atoms with van der Waals surface area (Å²) in [6.07, 6.45) is 0.742. The Morgan fingerprint density at radius 1 is 1.10 bits per heavy atom. The van der Waals surface area contributed by atoms with Crippen molar-refractivity contribution in [3.8, 4) is 0 Å². The van der Waals surface area contributed by atoms with Gasteiger partial charge in [-0.3, -0.25) is 0 Å². The first kappa shape index (κ1) is 14.2. The van der Waals surface area contributed by atoms with Gasteiger partial charge in [-0.05, 0) is 53.6 Å². The monoisotopic (exact) mass is 303 g/mol. The minimum atomic E-state index is -0.811. The Morgan fingerprint density at radius 2 is 1.90 bits per heavy atom. The van der Waals surface area contributed by atoms with Crippen LogP contribution in [0.4, 0.5) is 8.78 Å². The Hall–Kier alpha value is -1.78. The van der Waals surface area contributed by atoms with Crippen molar-refractivity contribution in [2.24, 2.45) is 0 Å². The van der Waals surface area contributed by atoms with Crippen LogP contribution in [0, 0.1) is 11.6 Å². The van der Waals surface area contributed by atoms with Crippen molar-refractivity contribution in [2.75, 3.05) is 7.05 Å². The molecule has 0 aliphatic carbocycles. The summed E-state index contributed by atoms with van der Waals surface area (Å²) in [6.45, 7) is 0. The zero-order chi connectivity index (χ0) is 14.8. The Kier molecular flexibility index (Phi) is 3.99. The summed E-state index contributed by atoms with van der Waals surface area (Å²) in [5, 5.41) is 6.54. The van der Waals surface area contributed by atoms with Gasteiger partial charge >= 0.3 is 0 Å². The molecule has 0 aliphatic heterocycles. The average molecular weight is 303 g/mol. The van der Waals surface area contributed by atoms with E-state index in [0.29, 0.717) is 0 Å². The van der Waals surface area contributed by atoms with Gasteiger partial charge in [0.15, 0.2) is 11.6 Å². The van der Waals surface area contributed by atoms with Crippen LogP contribution in [-0.4, -0.2) is 7.05 Å². The Bertz CT molecular complexity index is 766. The molecule has 0 aliphatic rings. The van der Waals surface area contributed by atoms with Crippen LogP contribution in [-0.2, 0) is 6.42 Å². The van der Waals surface area contributed by atoms with Gasteiger partial charge in [0.05, 0.1) is 0 Å². The van der Waals surface area contributed by atoms with Crippen molar-refractivity contribution in [3.05, 3.63) is 70.6 Å². The molecule has 1 N–H and O–H groups in total. The molecule has 0 bridgehead atoms. The van der Waals surface area contributed by atoms with E-state index in [0.717, 1.165) is 12.0 Å². The van der Waals surface area contributed by atoms with Gasteiger partial charge < -0.3 is 5.32 Å². The predicted molar refractivity (Wildman–Crippen MR) is 83.7 cm³/mol. The number of rotatable bonds is 4. The number of fused-ring (bicyclic) bond motifs is 1. The summed E-state index contributed by atoms with van der Waals surface area (Å²) < 4.78 is 27.7. The lowest BCUT2D eigenvalue weighted by Crippen LogP contribution is -2.19. The van der Waals surface area contributed by atoms with Gasteiger partial charge in [-0.2, -0.15) is 0 Å². The van der Waals surface area contributed by atoms with Crippen LogP contribution in [0.1, 0.15) is 17.2 Å². The molecular weight excluding hydrogens is 288 g/mol. The second-order valence-electron chi connectivity index (χ2n) is 4.98. The standard InChI is InChI=1S/C17H15F2NS/c1-20-16(11-6-7-14(18)15(19)8-11)9-12-10-21-17-5-3-2-4-13(12)17/h2-8,10,16,20H,9H2,1H3. The Morgan fingerprint density at radius 3 is 2.67 bits per heavy atom. The SMILES string of the molecule is CNC(Cc1csc2ccccc12)c1ccc(F)c(F)c1. The largest absolute Gasteiger partial charge is 0.313 e. The van der Waals surface area contributed by atoms with Crippen molar-refractivity contribution >= 4 is 21.4 Å². The lowest BCUT2D eigenvalue weighted by Gasteiger charge is -2.16. The first-order valence-electron chi connectivity index (χ1n) is 6.76. The normalized spacial score (nSPS) is 12.7. The van der Waals surface area contributed by atoms with Crippen molar-refractivity contribution in [2.45, 2.75) is 12.5 Å². The van der Waals surface area contributed by atoms with Crippen molar-refractivity contribution in [3.63, 3.8) is 0 Å². The summed E-state index contributed by atoms with van der Waals surface area (Å²) in [4.78, 5) is 0. The van der Waals surface area contributed by atoms with Gasteiger partial charge in [-0.15, -0.1) is 11.3 Å². The number of hydrogen-bond donors (Lipinski definition) is 1. The summed E-state index contributed by atoms with van der Waals surface area (Å²) >= 11 is 1.71.